The molecule has 630 valence electrons. The molecule has 16 aromatic carbocycles. The maximum absolute atomic E-state index is 13.2. The van der Waals surface area contributed by atoms with Crippen molar-refractivity contribution in [3.8, 4) is 11.1 Å². The molecule has 0 aliphatic heterocycles. The SMILES string of the molecule is COC(=O)c1ccccc1-c1ccc(F)c(Br)c1.COC(=O)c1ccccc1B(O)O.Fc1ccc(I)cc1Br.[2H]OO[P+](=O)[O-].[CH2-]F.[K+].[K+].[K+].[Pd].c1ccc(P(c2ccccc2)c2ccccc2)cc1.c1ccc(P(c2ccccc2)c2ccccc2)cc1.c1ccc(P(c2ccccc2)c2ccccc2)cc1.c1ccc(P(c2ccccc2)c2ccccc2)cc1. The predicted molar refractivity (Wildman–Crippen MR) is 524 cm³/mol. The zero-order chi connectivity index (χ0) is 88.5. The number of carbonyl (C=O) groups excluding carboxylic acids is 2. The molecule has 0 fully saturated rings. The summed E-state index contributed by atoms with van der Waals surface area (Å²) in [6.07, 6.45) is 0. The molecule has 26 heteroatoms. The number of halogens is 6. The zero-order valence-corrected chi connectivity index (χ0v) is 90.7. The largest absolute Gasteiger partial charge is 1.00 e. The molecule has 0 radical (unpaired) electrons. The van der Waals surface area contributed by atoms with Gasteiger partial charge in [-0.2, -0.15) is 7.18 Å². The molecule has 10 nitrogen and oxygen atoms in total. The summed E-state index contributed by atoms with van der Waals surface area (Å²) in [5, 5.41) is 37.5. The molecule has 0 aromatic heterocycles. The number of esters is 2. The van der Waals surface area contributed by atoms with Gasteiger partial charge in [-0.3, -0.25) is 0 Å². The Bertz CT molecular complexity index is 4910. The minimum atomic E-state index is -3.01. The van der Waals surface area contributed by atoms with Crippen molar-refractivity contribution in [1.29, 1.82) is 1.43 Å². The van der Waals surface area contributed by atoms with Gasteiger partial charge in [0.05, 0.1) is 34.3 Å². The quantitative estimate of drug-likeness (QED) is 0.0110. The van der Waals surface area contributed by atoms with Crippen LogP contribution in [0.25, 0.3) is 12.6 Å². The van der Waals surface area contributed by atoms with Crippen molar-refractivity contribution in [2.24, 2.45) is 0 Å². The van der Waals surface area contributed by atoms with Crippen molar-refractivity contribution in [1.82, 2.24) is 0 Å². The van der Waals surface area contributed by atoms with Gasteiger partial charge in [0.2, 0.25) is 0 Å². The molecule has 0 bridgehead atoms. The maximum atomic E-state index is 13.2. The molecular weight excluding hydrogens is 2110 g/mol. The summed E-state index contributed by atoms with van der Waals surface area (Å²) in [5.74, 6) is -1.54. The topological polar surface area (TPSA) is 163 Å². The summed E-state index contributed by atoms with van der Waals surface area (Å²) >= 11 is 8.32. The Balaban J connectivity index is 0.000000309. The third kappa shape index (κ3) is 39.3. The van der Waals surface area contributed by atoms with Gasteiger partial charge in [-0.05, 0) is 213 Å². The molecule has 0 spiro atoms. The zero-order valence-electron chi connectivity index (χ0n) is 71.0. The van der Waals surface area contributed by atoms with Crippen molar-refractivity contribution in [3.63, 3.8) is 0 Å². The Labute approximate surface area is 922 Å². The number of rotatable bonds is 18. The Morgan fingerprint density at radius 1 is 0.362 bits per heavy atom. The second kappa shape index (κ2) is 66.6. The second-order valence-electron chi connectivity index (χ2n) is 25.3. The van der Waals surface area contributed by atoms with Gasteiger partial charge in [0, 0.05) is 28.7 Å². The van der Waals surface area contributed by atoms with E-state index in [-0.39, 0.29) is 197 Å². The van der Waals surface area contributed by atoms with Crippen LogP contribution in [-0.4, -0.2) is 48.6 Å². The van der Waals surface area contributed by atoms with Gasteiger partial charge in [0.25, 0.3) is 1.43 Å². The second-order valence-corrected chi connectivity index (χ2v) is 37.8. The number of hydrogen-bond donors (Lipinski definition) is 3. The van der Waals surface area contributed by atoms with E-state index in [2.05, 4.69) is 433 Å². The van der Waals surface area contributed by atoms with E-state index in [1.807, 2.05) is 6.07 Å². The summed E-state index contributed by atoms with van der Waals surface area (Å²) in [5.41, 5.74) is 2.24. The fourth-order valence-electron chi connectivity index (χ4n) is 11.9. The van der Waals surface area contributed by atoms with E-state index < -0.39 is 59.0 Å². The van der Waals surface area contributed by atoms with Gasteiger partial charge in [-0.15, -0.1) is 0 Å². The van der Waals surface area contributed by atoms with E-state index in [1.54, 1.807) is 61.8 Å². The van der Waals surface area contributed by atoms with Crippen molar-refractivity contribution >= 4 is 183 Å². The van der Waals surface area contributed by atoms with E-state index in [9.17, 15) is 22.8 Å². The number of ether oxygens (including phenoxy) is 2. The monoisotopic (exact) mass is 2190 g/mol. The van der Waals surface area contributed by atoms with Gasteiger partial charge < -0.3 is 28.8 Å². The standard InChI is InChI=1S/4C18H15P.C14H10BrFO2.C8H9BO4.C6H3BrFI.CH2F.3K.HO4P.Pd/c4*1-4-10-16(11-5-1)19(17-12-6-2-7-13-17)18-14-8-3-9-15-18;1-18-14(17)11-5-3-2-4-10(11)9-6-7-13(16)12(15)8-9;1-13-8(10)6-4-2-3-5-7(6)9(11)12;7-5-3-4(9)1-2-6(5)8;1-2;;;;1-4-5(2)3;/h4*1-15H;2-8H,1H3;2-5,11-12H,1H3;1-3H;1H2;;;;1H;/q;;;;;;;-1;3*+1;;/i/hD. The fraction of sp³-hybridized carbons (Fsp3) is 0.0198. The fourth-order valence-corrected chi connectivity index (χ4v) is 22.8. The Morgan fingerprint density at radius 2 is 0.575 bits per heavy atom. The third-order valence-electron chi connectivity index (χ3n) is 17.3. The summed E-state index contributed by atoms with van der Waals surface area (Å²) < 4.78 is 64.0. The van der Waals surface area contributed by atoms with Crippen LogP contribution in [0.5, 0.6) is 0 Å². The van der Waals surface area contributed by atoms with Crippen LogP contribution in [0.3, 0.4) is 0 Å². The first-order valence-corrected chi connectivity index (χ1v) is 47.0. The van der Waals surface area contributed by atoms with Gasteiger partial charge in [-0.1, -0.05) is 406 Å². The van der Waals surface area contributed by atoms with Gasteiger partial charge in [0.15, 0.2) is 0 Å². The van der Waals surface area contributed by atoms with Crippen molar-refractivity contribution in [3.05, 3.63) is 491 Å². The molecule has 0 aliphatic carbocycles. The third-order valence-corrected chi connectivity index (χ3v) is 29.1. The summed E-state index contributed by atoms with van der Waals surface area (Å²) in [7, 11) is -2.13. The van der Waals surface area contributed by atoms with Crippen LogP contribution >= 0.6 is 94.4 Å². The molecule has 0 aliphatic rings. The first-order chi connectivity index (χ1) is 60.6. The molecule has 0 saturated carbocycles. The Morgan fingerprint density at radius 3 is 0.780 bits per heavy atom. The van der Waals surface area contributed by atoms with Crippen molar-refractivity contribution in [2.75, 3.05) is 14.2 Å². The average molecular weight is 2190 g/mol. The minimum Gasteiger partial charge on any atom is -0.565 e. The molecule has 1 unspecified atom stereocenters. The minimum absolute atomic E-state index is 0. The van der Waals surface area contributed by atoms with Crippen LogP contribution in [0, 0.1) is 22.4 Å². The van der Waals surface area contributed by atoms with E-state index >= 15 is 0 Å². The number of benzene rings is 16. The predicted octanol–water partition coefficient (Wildman–Crippen LogP) is 11.4. The molecule has 127 heavy (non-hydrogen) atoms. The van der Waals surface area contributed by atoms with Crippen LogP contribution in [0.1, 0.15) is 20.7 Å². The maximum Gasteiger partial charge on any atom is 1.00 e. The smallest absolute Gasteiger partial charge is 0.565 e. The summed E-state index contributed by atoms with van der Waals surface area (Å²) in [4.78, 5) is 31.9. The van der Waals surface area contributed by atoms with E-state index in [0.29, 0.717) is 20.1 Å². The van der Waals surface area contributed by atoms with E-state index in [4.69, 9.17) is 25.7 Å². The molecule has 0 heterocycles. The van der Waals surface area contributed by atoms with Crippen LogP contribution in [0.4, 0.5) is 13.2 Å². The number of carbonyl (C=O) groups is 2. The average Bonchev–Trinajstić information content (AvgIpc) is 0.837. The molecular formula is C101H85BBr2F3IK3O10P5Pd+2. The van der Waals surface area contributed by atoms with Crippen LogP contribution in [0.15, 0.2) is 458 Å². The van der Waals surface area contributed by atoms with Gasteiger partial charge >= 0.3 is 181 Å². The van der Waals surface area contributed by atoms with Crippen molar-refractivity contribution < 1.29 is 236 Å². The summed E-state index contributed by atoms with van der Waals surface area (Å²) in [6, 6.07) is 152. The molecule has 16 rings (SSSR count). The molecule has 3 N–H and O–H groups in total. The van der Waals surface area contributed by atoms with Gasteiger partial charge in [0.1, 0.15) is 11.6 Å². The molecule has 1 atom stereocenters. The normalized spacial score (nSPS) is 10.0. The first kappa shape index (κ1) is 113. The number of hydrogen-bond acceptors (Lipinski definition) is 10. The van der Waals surface area contributed by atoms with Crippen LogP contribution < -0.4 is 228 Å². The Hall–Kier alpha value is -4.80. The van der Waals surface area contributed by atoms with Crippen LogP contribution in [0.2, 0.25) is 0 Å². The van der Waals surface area contributed by atoms with E-state index in [0.717, 1.165) is 9.13 Å². The van der Waals surface area contributed by atoms with Gasteiger partial charge in [-0.25, -0.2) is 23.6 Å². The molecule has 0 amide bonds. The van der Waals surface area contributed by atoms with E-state index in [1.165, 1.54) is 102 Å². The Kier molecular flexibility index (Phi) is 59.1. The molecule has 0 saturated heterocycles. The van der Waals surface area contributed by atoms with Crippen LogP contribution in [-0.2, 0) is 39.1 Å². The molecule has 16 aromatic rings. The number of methoxy groups -OCH3 is 2. The first-order valence-electron chi connectivity index (χ1n) is 38.3. The summed E-state index contributed by atoms with van der Waals surface area (Å²) in [6.45, 7) is 0. The van der Waals surface area contributed by atoms with Crippen molar-refractivity contribution in [2.45, 2.75) is 0 Å².